The van der Waals surface area contributed by atoms with Crippen LogP contribution in [-0.4, -0.2) is 62.3 Å². The minimum Gasteiger partial charge on any atom is -0.385 e. The number of morpholine rings is 1. The average Bonchev–Trinajstić information content (AvgIpc) is 3.07. The minimum atomic E-state index is -0.558. The molecule has 22 heavy (non-hydrogen) atoms. The third kappa shape index (κ3) is 4.28. The lowest BCUT2D eigenvalue weighted by Crippen LogP contribution is -2.55. The summed E-state index contributed by atoms with van der Waals surface area (Å²) in [6, 6.07) is 3.00. The predicted octanol–water partition coefficient (Wildman–Crippen LogP) is 1.13. The largest absolute Gasteiger partial charge is 0.385 e. The van der Waals surface area contributed by atoms with E-state index >= 15 is 0 Å². The van der Waals surface area contributed by atoms with Crippen LogP contribution in [0.4, 0.5) is 0 Å². The molecule has 1 saturated heterocycles. The van der Waals surface area contributed by atoms with E-state index in [1.54, 1.807) is 25.0 Å². The van der Waals surface area contributed by atoms with Crippen molar-refractivity contribution in [3.63, 3.8) is 0 Å². The molecule has 1 aliphatic heterocycles. The van der Waals surface area contributed by atoms with Crippen molar-refractivity contribution in [2.75, 3.05) is 33.5 Å². The van der Waals surface area contributed by atoms with E-state index < -0.39 is 6.04 Å². The number of hydrogen-bond acceptors (Lipinski definition) is 5. The molecule has 2 amide bonds. The van der Waals surface area contributed by atoms with Crippen LogP contribution in [0.1, 0.15) is 23.0 Å². The van der Waals surface area contributed by atoms with Gasteiger partial charge < -0.3 is 19.7 Å². The molecule has 0 aromatic carbocycles. The van der Waals surface area contributed by atoms with Gasteiger partial charge in [-0.15, -0.1) is 11.3 Å². The zero-order valence-corrected chi connectivity index (χ0v) is 13.7. The lowest BCUT2D eigenvalue weighted by molar-refractivity contribution is -0.142. The lowest BCUT2D eigenvalue weighted by atomic mass is 10.1. The summed E-state index contributed by atoms with van der Waals surface area (Å²) in [6.45, 7) is 3.89. The third-order valence-electron chi connectivity index (χ3n) is 3.63. The Morgan fingerprint density at radius 3 is 3.09 bits per heavy atom. The molecule has 6 nitrogen and oxygen atoms in total. The van der Waals surface area contributed by atoms with Crippen LogP contribution in [0.15, 0.2) is 17.5 Å². The number of carbonyl (C=O) groups is 2. The number of carbonyl (C=O) groups excluding carboxylic acids is 2. The maximum Gasteiger partial charge on any atom is 0.261 e. The Hall–Kier alpha value is -1.44. The predicted molar refractivity (Wildman–Crippen MR) is 84.1 cm³/mol. The van der Waals surface area contributed by atoms with Crippen molar-refractivity contribution in [1.29, 1.82) is 0 Å². The van der Waals surface area contributed by atoms with Crippen molar-refractivity contribution >= 4 is 23.2 Å². The highest BCUT2D eigenvalue weighted by atomic mass is 32.1. The van der Waals surface area contributed by atoms with E-state index in [0.29, 0.717) is 31.2 Å². The standard InChI is InChI=1S/C15H22N2O4S/c1-11(16-14(18)13-4-3-9-22-13)15(19)17-6-8-21-10-12(17)5-7-20-2/h3-4,9,11-12H,5-8,10H2,1-2H3,(H,16,18). The molecule has 1 aliphatic rings. The van der Waals surface area contributed by atoms with Crippen molar-refractivity contribution < 1.29 is 19.1 Å². The van der Waals surface area contributed by atoms with Crippen LogP contribution >= 0.6 is 11.3 Å². The minimum absolute atomic E-state index is 0.00212. The number of rotatable bonds is 6. The Morgan fingerprint density at radius 1 is 1.59 bits per heavy atom. The number of thiophene rings is 1. The second-order valence-corrected chi connectivity index (χ2v) is 6.16. The number of nitrogens with one attached hydrogen (secondary N) is 1. The summed E-state index contributed by atoms with van der Waals surface area (Å²) >= 11 is 1.36. The fourth-order valence-corrected chi connectivity index (χ4v) is 3.05. The Labute approximate surface area is 134 Å². The molecule has 0 bridgehead atoms. The first kappa shape index (κ1) is 16.9. The first-order valence-corrected chi connectivity index (χ1v) is 8.23. The summed E-state index contributed by atoms with van der Waals surface area (Å²) in [5, 5.41) is 4.60. The lowest BCUT2D eigenvalue weighted by Gasteiger charge is -2.37. The summed E-state index contributed by atoms with van der Waals surface area (Å²) in [4.78, 5) is 27.0. The number of methoxy groups -OCH3 is 1. The third-order valence-corrected chi connectivity index (χ3v) is 4.50. The fraction of sp³-hybridized carbons (Fsp3) is 0.600. The van der Waals surface area contributed by atoms with Gasteiger partial charge in [0.1, 0.15) is 6.04 Å². The molecule has 2 atom stereocenters. The van der Waals surface area contributed by atoms with E-state index in [1.165, 1.54) is 11.3 Å². The number of amides is 2. The maximum atomic E-state index is 12.6. The first-order chi connectivity index (χ1) is 10.6. The molecule has 1 aromatic heterocycles. The van der Waals surface area contributed by atoms with Crippen LogP contribution in [0.3, 0.4) is 0 Å². The SMILES string of the molecule is COCCC1COCCN1C(=O)C(C)NC(=O)c1cccs1. The van der Waals surface area contributed by atoms with Gasteiger partial charge in [-0.1, -0.05) is 6.07 Å². The number of hydrogen-bond donors (Lipinski definition) is 1. The van der Waals surface area contributed by atoms with E-state index in [1.807, 2.05) is 11.4 Å². The monoisotopic (exact) mass is 326 g/mol. The number of nitrogens with zero attached hydrogens (tertiary/aromatic N) is 1. The van der Waals surface area contributed by atoms with Gasteiger partial charge in [-0.05, 0) is 24.8 Å². The summed E-state index contributed by atoms with van der Waals surface area (Å²) in [7, 11) is 1.64. The summed E-state index contributed by atoms with van der Waals surface area (Å²) in [5.74, 6) is -0.285. The zero-order chi connectivity index (χ0) is 15.9. The molecule has 1 aromatic rings. The number of ether oxygens (including phenoxy) is 2. The van der Waals surface area contributed by atoms with Gasteiger partial charge in [-0.3, -0.25) is 9.59 Å². The van der Waals surface area contributed by atoms with Crippen molar-refractivity contribution in [2.45, 2.75) is 25.4 Å². The molecule has 2 rings (SSSR count). The van der Waals surface area contributed by atoms with Crippen LogP contribution in [0.25, 0.3) is 0 Å². The van der Waals surface area contributed by atoms with Crippen LogP contribution < -0.4 is 5.32 Å². The quantitative estimate of drug-likeness (QED) is 0.851. The second kappa shape index (κ2) is 8.26. The Bertz CT molecular complexity index is 492. The molecule has 0 saturated carbocycles. The normalized spacial score (nSPS) is 19.7. The fourth-order valence-electron chi connectivity index (χ4n) is 2.42. The van der Waals surface area contributed by atoms with Gasteiger partial charge in [0.25, 0.3) is 5.91 Å². The molecule has 0 spiro atoms. The molecule has 122 valence electrons. The Balaban J connectivity index is 1.94. The molecule has 2 heterocycles. The molecule has 1 fully saturated rings. The first-order valence-electron chi connectivity index (χ1n) is 7.35. The average molecular weight is 326 g/mol. The highest BCUT2D eigenvalue weighted by molar-refractivity contribution is 7.12. The highest BCUT2D eigenvalue weighted by Gasteiger charge is 2.30. The van der Waals surface area contributed by atoms with Crippen molar-refractivity contribution in [3.05, 3.63) is 22.4 Å². The van der Waals surface area contributed by atoms with Crippen LogP contribution in [0, 0.1) is 0 Å². The highest BCUT2D eigenvalue weighted by Crippen LogP contribution is 2.13. The van der Waals surface area contributed by atoms with Gasteiger partial charge in [0.05, 0.1) is 24.1 Å². The zero-order valence-electron chi connectivity index (χ0n) is 12.9. The van der Waals surface area contributed by atoms with Gasteiger partial charge in [-0.2, -0.15) is 0 Å². The van der Waals surface area contributed by atoms with E-state index in [2.05, 4.69) is 5.32 Å². The van der Waals surface area contributed by atoms with E-state index in [-0.39, 0.29) is 17.9 Å². The summed E-state index contributed by atoms with van der Waals surface area (Å²) in [6.07, 6.45) is 0.730. The Kier molecular flexibility index (Phi) is 6.35. The molecule has 0 radical (unpaired) electrons. The molecular weight excluding hydrogens is 304 g/mol. The van der Waals surface area contributed by atoms with Crippen molar-refractivity contribution in [3.8, 4) is 0 Å². The molecule has 1 N–H and O–H groups in total. The van der Waals surface area contributed by atoms with Crippen molar-refractivity contribution in [1.82, 2.24) is 10.2 Å². The maximum absolute atomic E-state index is 12.6. The summed E-state index contributed by atoms with van der Waals surface area (Å²) in [5.41, 5.74) is 0. The van der Waals surface area contributed by atoms with Crippen molar-refractivity contribution in [2.24, 2.45) is 0 Å². The van der Waals surface area contributed by atoms with Gasteiger partial charge >= 0.3 is 0 Å². The van der Waals surface area contributed by atoms with E-state index in [9.17, 15) is 9.59 Å². The molecule has 7 heteroatoms. The van der Waals surface area contributed by atoms with Gasteiger partial charge in [0.15, 0.2) is 0 Å². The van der Waals surface area contributed by atoms with Gasteiger partial charge in [0.2, 0.25) is 5.91 Å². The Morgan fingerprint density at radius 2 is 2.41 bits per heavy atom. The van der Waals surface area contributed by atoms with Gasteiger partial charge in [-0.25, -0.2) is 0 Å². The van der Waals surface area contributed by atoms with E-state index in [0.717, 1.165) is 6.42 Å². The van der Waals surface area contributed by atoms with Crippen LogP contribution in [-0.2, 0) is 14.3 Å². The second-order valence-electron chi connectivity index (χ2n) is 5.21. The smallest absolute Gasteiger partial charge is 0.261 e. The van der Waals surface area contributed by atoms with E-state index in [4.69, 9.17) is 9.47 Å². The van der Waals surface area contributed by atoms with Crippen LogP contribution in [0.2, 0.25) is 0 Å². The van der Waals surface area contributed by atoms with Gasteiger partial charge in [0, 0.05) is 20.3 Å². The molecule has 2 unspecified atom stereocenters. The molecule has 0 aliphatic carbocycles. The topological polar surface area (TPSA) is 67.9 Å². The summed E-state index contributed by atoms with van der Waals surface area (Å²) < 4.78 is 10.5. The molecular formula is C15H22N2O4S. The van der Waals surface area contributed by atoms with Crippen LogP contribution in [0.5, 0.6) is 0 Å².